The Kier molecular flexibility index (Phi) is 5.15. The molecule has 1 N–H and O–H groups in total. The van der Waals surface area contributed by atoms with E-state index in [1.807, 2.05) is 0 Å². The van der Waals surface area contributed by atoms with Gasteiger partial charge in [0.25, 0.3) is 0 Å². The summed E-state index contributed by atoms with van der Waals surface area (Å²) in [6.45, 7) is 3.28. The average Bonchev–Trinajstić information content (AvgIpc) is 3.25. The molecule has 0 radical (unpaired) electrons. The van der Waals surface area contributed by atoms with Gasteiger partial charge in [0.2, 0.25) is 0 Å². The normalized spacial score (nSPS) is 27.5. The van der Waals surface area contributed by atoms with E-state index >= 15 is 0 Å². The monoisotopic (exact) mass is 463 g/mol. The lowest BCUT2D eigenvalue weighted by Gasteiger charge is -2.55. The third kappa shape index (κ3) is 3.58. The van der Waals surface area contributed by atoms with Gasteiger partial charge in [-0.2, -0.15) is 0 Å². The third-order valence-corrected chi connectivity index (χ3v) is 9.52. The minimum atomic E-state index is 0.269. The summed E-state index contributed by atoms with van der Waals surface area (Å²) >= 11 is 0. The van der Waals surface area contributed by atoms with Crippen molar-refractivity contribution in [1.29, 1.82) is 0 Å². The zero-order chi connectivity index (χ0) is 23.4. The number of aryl methyl sites for hydroxylation is 1. The van der Waals surface area contributed by atoms with Crippen LogP contribution in [0.4, 0.5) is 5.69 Å². The molecule has 35 heavy (non-hydrogen) atoms. The number of imidazole rings is 1. The quantitative estimate of drug-likeness (QED) is 0.311. The summed E-state index contributed by atoms with van der Waals surface area (Å²) in [5, 5.41) is 6.73. The van der Waals surface area contributed by atoms with Crippen LogP contribution in [0.25, 0.3) is 33.2 Å². The first-order valence-corrected chi connectivity index (χ1v) is 14.0. The van der Waals surface area contributed by atoms with E-state index < -0.39 is 0 Å². The number of benzene rings is 3. The maximum atomic E-state index is 5.40. The maximum Gasteiger partial charge on any atom is 0.141 e. The first kappa shape index (κ1) is 21.5. The molecule has 180 valence electrons. The fourth-order valence-electron chi connectivity index (χ4n) is 7.91. The molecule has 1 aromatic heterocycles. The smallest absolute Gasteiger partial charge is 0.141 e. The van der Waals surface area contributed by atoms with Crippen LogP contribution in [0.1, 0.15) is 64.7 Å². The van der Waals surface area contributed by atoms with Gasteiger partial charge in [-0.1, -0.05) is 68.3 Å². The molecule has 3 fully saturated rings. The lowest BCUT2D eigenvalue weighted by molar-refractivity contribution is 0.0238. The summed E-state index contributed by atoms with van der Waals surface area (Å²) < 4.78 is 2.48. The van der Waals surface area contributed by atoms with E-state index in [-0.39, 0.29) is 5.54 Å². The van der Waals surface area contributed by atoms with Gasteiger partial charge in [-0.15, -0.1) is 0 Å². The van der Waals surface area contributed by atoms with Crippen LogP contribution < -0.4 is 5.32 Å². The van der Waals surface area contributed by atoms with Crippen LogP contribution in [-0.2, 0) is 6.54 Å². The Morgan fingerprint density at radius 2 is 1.83 bits per heavy atom. The van der Waals surface area contributed by atoms with Crippen molar-refractivity contribution in [3.63, 3.8) is 0 Å². The lowest BCUT2D eigenvalue weighted by Crippen LogP contribution is -2.52. The highest BCUT2D eigenvalue weighted by molar-refractivity contribution is 5.98. The van der Waals surface area contributed by atoms with Gasteiger partial charge in [-0.25, -0.2) is 4.98 Å². The number of hydrogen-bond donors (Lipinski definition) is 1. The number of nitrogens with one attached hydrogen (secondary N) is 1. The molecule has 3 aliphatic rings. The Morgan fingerprint density at radius 3 is 2.77 bits per heavy atom. The number of para-hydroxylation sites is 1. The van der Waals surface area contributed by atoms with Gasteiger partial charge in [0, 0.05) is 17.6 Å². The average molecular weight is 464 g/mol. The molecule has 3 saturated carbocycles. The second-order valence-electron chi connectivity index (χ2n) is 11.7. The molecule has 3 nitrogen and oxygen atoms in total. The molecule has 0 aliphatic heterocycles. The van der Waals surface area contributed by atoms with Crippen molar-refractivity contribution in [2.45, 2.75) is 76.8 Å². The maximum absolute atomic E-state index is 5.40. The second-order valence-corrected chi connectivity index (χ2v) is 11.7. The molecular weight excluding hydrogens is 426 g/mol. The SMILES string of the molecule is CCCCn1c(-c2cccc3ccccc23)nc2c(NC34CCC5CCC(CC5C3)C4)cccc21. The molecule has 0 amide bonds. The number of anilines is 1. The topological polar surface area (TPSA) is 29.9 Å². The van der Waals surface area contributed by atoms with Crippen LogP contribution in [-0.4, -0.2) is 15.1 Å². The summed E-state index contributed by atoms with van der Waals surface area (Å²) in [7, 11) is 0. The van der Waals surface area contributed by atoms with E-state index in [1.54, 1.807) is 0 Å². The van der Waals surface area contributed by atoms with E-state index in [1.165, 1.54) is 78.9 Å². The molecule has 0 spiro atoms. The van der Waals surface area contributed by atoms with Gasteiger partial charge in [-0.3, -0.25) is 0 Å². The minimum absolute atomic E-state index is 0.269. The fraction of sp³-hybridized carbons (Fsp3) is 0.469. The van der Waals surface area contributed by atoms with Crippen LogP contribution in [0.2, 0.25) is 0 Å². The highest BCUT2D eigenvalue weighted by atomic mass is 15.1. The van der Waals surface area contributed by atoms with Gasteiger partial charge < -0.3 is 9.88 Å². The first-order chi connectivity index (χ1) is 17.2. The molecule has 4 unspecified atom stereocenters. The Balaban J connectivity index is 1.35. The molecule has 3 aromatic carbocycles. The van der Waals surface area contributed by atoms with Crippen molar-refractivity contribution < 1.29 is 0 Å². The summed E-state index contributed by atoms with van der Waals surface area (Å²) in [5.41, 5.74) is 5.18. The van der Waals surface area contributed by atoms with E-state index in [0.29, 0.717) is 0 Å². The standard InChI is InChI=1S/C32H37N3/c1-2-3-18-35-29-13-7-12-28(34-32-17-16-23-15-14-22(20-32)19-25(23)21-32)30(29)33-31(35)27-11-6-9-24-8-4-5-10-26(24)27/h4-13,22-23,25,34H,2-3,14-21H2,1H3. The van der Waals surface area contributed by atoms with Gasteiger partial charge in [0.05, 0.1) is 11.2 Å². The Morgan fingerprint density at radius 1 is 0.943 bits per heavy atom. The largest absolute Gasteiger partial charge is 0.378 e. The van der Waals surface area contributed by atoms with Crippen LogP contribution in [0.15, 0.2) is 60.7 Å². The van der Waals surface area contributed by atoms with Crippen LogP contribution >= 0.6 is 0 Å². The molecule has 3 heteroatoms. The molecule has 1 heterocycles. The van der Waals surface area contributed by atoms with Crippen LogP contribution in [0.3, 0.4) is 0 Å². The number of hydrogen-bond acceptors (Lipinski definition) is 2. The van der Waals surface area contributed by atoms with Gasteiger partial charge in [-0.05, 0) is 85.6 Å². The molecule has 3 bridgehead atoms. The molecule has 0 saturated heterocycles. The van der Waals surface area contributed by atoms with Crippen LogP contribution in [0, 0.1) is 17.8 Å². The van der Waals surface area contributed by atoms with E-state index in [4.69, 9.17) is 4.98 Å². The lowest BCUT2D eigenvalue weighted by atomic mass is 9.54. The molecule has 4 aromatic rings. The zero-order valence-corrected chi connectivity index (χ0v) is 21.0. The predicted octanol–water partition coefficient (Wildman–Crippen LogP) is 8.43. The molecule has 3 aliphatic carbocycles. The Bertz CT molecular complexity index is 1380. The van der Waals surface area contributed by atoms with Crippen molar-refractivity contribution in [3.05, 3.63) is 60.7 Å². The van der Waals surface area contributed by atoms with E-state index in [0.717, 1.165) is 42.1 Å². The molecule has 4 atom stereocenters. The van der Waals surface area contributed by atoms with E-state index in [2.05, 4.69) is 77.5 Å². The van der Waals surface area contributed by atoms with Gasteiger partial charge >= 0.3 is 0 Å². The van der Waals surface area contributed by atoms with Crippen molar-refractivity contribution in [3.8, 4) is 11.4 Å². The number of nitrogens with zero attached hydrogens (tertiary/aromatic N) is 2. The number of aromatic nitrogens is 2. The van der Waals surface area contributed by atoms with Crippen molar-refractivity contribution in [1.82, 2.24) is 9.55 Å². The van der Waals surface area contributed by atoms with Crippen molar-refractivity contribution in [2.75, 3.05) is 5.32 Å². The predicted molar refractivity (Wildman–Crippen MR) is 147 cm³/mol. The van der Waals surface area contributed by atoms with Gasteiger partial charge in [0.15, 0.2) is 0 Å². The summed E-state index contributed by atoms with van der Waals surface area (Å²) in [5.74, 6) is 3.96. The fourth-order valence-corrected chi connectivity index (χ4v) is 7.91. The summed E-state index contributed by atoms with van der Waals surface area (Å²) in [6.07, 6.45) is 12.2. The Labute approximate surface area is 208 Å². The zero-order valence-electron chi connectivity index (χ0n) is 21.0. The van der Waals surface area contributed by atoms with Crippen molar-refractivity contribution in [2.24, 2.45) is 17.8 Å². The van der Waals surface area contributed by atoms with E-state index in [9.17, 15) is 0 Å². The van der Waals surface area contributed by atoms with Crippen LogP contribution in [0.5, 0.6) is 0 Å². The van der Waals surface area contributed by atoms with Gasteiger partial charge in [0.1, 0.15) is 11.3 Å². The summed E-state index contributed by atoms with van der Waals surface area (Å²) in [4.78, 5) is 5.40. The summed E-state index contributed by atoms with van der Waals surface area (Å²) in [6, 6.07) is 22.2. The Hall–Kier alpha value is -2.81. The van der Waals surface area contributed by atoms with Crippen molar-refractivity contribution >= 4 is 27.5 Å². The number of unbranched alkanes of at least 4 members (excludes halogenated alkanes) is 1. The highest BCUT2D eigenvalue weighted by Crippen LogP contribution is 2.55. The molecular formula is C32H37N3. The molecule has 7 rings (SSSR count). The number of rotatable bonds is 6. The minimum Gasteiger partial charge on any atom is -0.378 e. The third-order valence-electron chi connectivity index (χ3n) is 9.52. The second kappa shape index (κ2) is 8.40. The first-order valence-electron chi connectivity index (χ1n) is 14.0. The highest BCUT2D eigenvalue weighted by Gasteiger charge is 2.49. The number of fused-ring (bicyclic) bond motifs is 4.